The largest absolute Gasteiger partial charge is 0.326 e. The number of anilines is 1. The highest BCUT2D eigenvalue weighted by Crippen LogP contribution is 2.23. The van der Waals surface area contributed by atoms with Crippen LogP contribution < -0.4 is 5.32 Å². The summed E-state index contributed by atoms with van der Waals surface area (Å²) in [6, 6.07) is 9.94. The number of nitrogens with one attached hydrogen (secondary N) is 1. The topological polar surface area (TPSA) is 46.2 Å². The summed E-state index contributed by atoms with van der Waals surface area (Å²) in [5.41, 5.74) is 1.17. The molecule has 0 radical (unpaired) electrons. The van der Waals surface area contributed by atoms with Crippen molar-refractivity contribution in [3.8, 4) is 0 Å². The summed E-state index contributed by atoms with van der Waals surface area (Å²) in [4.78, 5) is 23.3. The van der Waals surface area contributed by atoms with Gasteiger partial charge in [0.15, 0.2) is 5.78 Å². The first kappa shape index (κ1) is 17.1. The van der Waals surface area contributed by atoms with Gasteiger partial charge in [-0.1, -0.05) is 0 Å². The average molecular weight is 335 g/mol. The zero-order valence-electron chi connectivity index (χ0n) is 12.4. The van der Waals surface area contributed by atoms with E-state index in [9.17, 15) is 18.4 Å². The lowest BCUT2D eigenvalue weighted by molar-refractivity contribution is -0.115. The molecule has 0 aliphatic rings. The van der Waals surface area contributed by atoms with Crippen LogP contribution >= 0.6 is 11.8 Å². The molecular formula is C17H15F2NO2S. The second kappa shape index (κ2) is 7.87. The van der Waals surface area contributed by atoms with Crippen molar-refractivity contribution in [3.63, 3.8) is 0 Å². The maximum atomic E-state index is 13.4. The van der Waals surface area contributed by atoms with E-state index in [0.29, 0.717) is 21.9 Å². The fourth-order valence-corrected chi connectivity index (χ4v) is 2.73. The highest BCUT2D eigenvalue weighted by molar-refractivity contribution is 7.99. The van der Waals surface area contributed by atoms with E-state index in [0.717, 1.165) is 17.8 Å². The lowest BCUT2D eigenvalue weighted by Gasteiger charge is -2.06. The fourth-order valence-electron chi connectivity index (χ4n) is 1.86. The molecule has 2 rings (SSSR count). The van der Waals surface area contributed by atoms with Gasteiger partial charge in [-0.2, -0.15) is 0 Å². The van der Waals surface area contributed by atoms with E-state index >= 15 is 0 Å². The smallest absolute Gasteiger partial charge is 0.225 e. The maximum absolute atomic E-state index is 13.4. The van der Waals surface area contributed by atoms with E-state index in [2.05, 4.69) is 5.32 Å². The van der Waals surface area contributed by atoms with Crippen molar-refractivity contribution >= 4 is 29.1 Å². The summed E-state index contributed by atoms with van der Waals surface area (Å²) in [5, 5.41) is 2.70. The lowest BCUT2D eigenvalue weighted by Crippen LogP contribution is -2.12. The van der Waals surface area contributed by atoms with Gasteiger partial charge >= 0.3 is 0 Å². The summed E-state index contributed by atoms with van der Waals surface area (Å²) in [6.07, 6.45) is 0.190. The Bertz CT molecular complexity index is 717. The van der Waals surface area contributed by atoms with Crippen molar-refractivity contribution < 1.29 is 18.4 Å². The third-order valence-corrected chi connectivity index (χ3v) is 4.11. The number of thioether (sulfide) groups is 1. The first-order valence-electron chi connectivity index (χ1n) is 6.94. The minimum atomic E-state index is -0.629. The third kappa shape index (κ3) is 5.17. The Hall–Kier alpha value is -2.21. The number of amides is 1. The van der Waals surface area contributed by atoms with Gasteiger partial charge in [-0.3, -0.25) is 9.59 Å². The maximum Gasteiger partial charge on any atom is 0.225 e. The molecule has 2 aromatic carbocycles. The van der Waals surface area contributed by atoms with Gasteiger partial charge in [0.05, 0.1) is 0 Å². The summed E-state index contributed by atoms with van der Waals surface area (Å²) in [5.74, 6) is -1.13. The number of Topliss-reactive ketones (excluding diaryl/α,β-unsaturated/α-hetero) is 1. The van der Waals surface area contributed by atoms with Crippen molar-refractivity contribution in [2.45, 2.75) is 18.2 Å². The van der Waals surface area contributed by atoms with Crippen LogP contribution in [0.25, 0.3) is 0 Å². The lowest BCUT2D eigenvalue weighted by atomic mass is 10.1. The van der Waals surface area contributed by atoms with Crippen LogP contribution in [0.5, 0.6) is 0 Å². The van der Waals surface area contributed by atoms with Gasteiger partial charge in [0.1, 0.15) is 11.6 Å². The predicted molar refractivity (Wildman–Crippen MR) is 86.8 cm³/mol. The number of ketones is 1. The molecule has 120 valence electrons. The Morgan fingerprint density at radius 1 is 1.09 bits per heavy atom. The fraction of sp³-hybridized carbons (Fsp3) is 0.176. The summed E-state index contributed by atoms with van der Waals surface area (Å²) in [7, 11) is 0. The highest BCUT2D eigenvalue weighted by atomic mass is 32.2. The molecule has 1 amide bonds. The zero-order chi connectivity index (χ0) is 16.8. The van der Waals surface area contributed by atoms with Gasteiger partial charge in [-0.05, 0) is 43.3 Å². The third-order valence-electron chi connectivity index (χ3n) is 3.06. The van der Waals surface area contributed by atoms with Gasteiger partial charge in [-0.15, -0.1) is 11.8 Å². The molecule has 0 unspecified atom stereocenters. The summed E-state index contributed by atoms with van der Waals surface area (Å²) >= 11 is 1.15. The Labute approximate surface area is 137 Å². The molecule has 0 aliphatic carbocycles. The minimum absolute atomic E-state index is 0.0411. The normalized spacial score (nSPS) is 10.4. The first-order valence-corrected chi connectivity index (χ1v) is 7.93. The van der Waals surface area contributed by atoms with Crippen LogP contribution in [0, 0.1) is 11.6 Å². The number of benzene rings is 2. The molecule has 0 atom stereocenters. The summed E-state index contributed by atoms with van der Waals surface area (Å²) in [6.45, 7) is 1.47. The van der Waals surface area contributed by atoms with Crippen molar-refractivity contribution in [2.75, 3.05) is 11.1 Å². The molecule has 0 saturated heterocycles. The summed E-state index contributed by atoms with van der Waals surface area (Å²) < 4.78 is 26.2. The van der Waals surface area contributed by atoms with Crippen LogP contribution in [0.15, 0.2) is 47.4 Å². The number of halogens is 2. The highest BCUT2D eigenvalue weighted by Gasteiger charge is 2.07. The van der Waals surface area contributed by atoms with Crippen LogP contribution in [-0.4, -0.2) is 17.4 Å². The van der Waals surface area contributed by atoms with Crippen molar-refractivity contribution in [2.24, 2.45) is 0 Å². The van der Waals surface area contributed by atoms with Crippen molar-refractivity contribution in [1.29, 1.82) is 0 Å². The number of hydrogen-bond donors (Lipinski definition) is 1. The van der Waals surface area contributed by atoms with Crippen molar-refractivity contribution in [1.82, 2.24) is 0 Å². The Balaban J connectivity index is 1.82. The molecule has 2 aromatic rings. The second-order valence-electron chi connectivity index (χ2n) is 4.85. The van der Waals surface area contributed by atoms with Crippen LogP contribution in [0.1, 0.15) is 23.7 Å². The molecule has 1 N–H and O–H groups in total. The van der Waals surface area contributed by atoms with Gasteiger partial charge in [0, 0.05) is 34.4 Å². The zero-order valence-corrected chi connectivity index (χ0v) is 13.3. The van der Waals surface area contributed by atoms with Gasteiger partial charge < -0.3 is 5.32 Å². The molecule has 0 aromatic heterocycles. The van der Waals surface area contributed by atoms with Crippen LogP contribution in [0.2, 0.25) is 0 Å². The predicted octanol–water partition coefficient (Wildman–Crippen LogP) is 4.29. The number of rotatable bonds is 6. The number of hydrogen-bond acceptors (Lipinski definition) is 3. The molecule has 0 spiro atoms. The molecule has 6 heteroatoms. The van der Waals surface area contributed by atoms with E-state index in [1.54, 1.807) is 24.3 Å². The Morgan fingerprint density at radius 2 is 1.78 bits per heavy atom. The monoisotopic (exact) mass is 335 g/mol. The average Bonchev–Trinajstić information content (AvgIpc) is 2.50. The number of carbonyl (C=O) groups excluding carboxylic acids is 2. The van der Waals surface area contributed by atoms with Crippen LogP contribution in [0.4, 0.5) is 14.5 Å². The van der Waals surface area contributed by atoms with E-state index in [4.69, 9.17) is 0 Å². The van der Waals surface area contributed by atoms with E-state index in [-0.39, 0.29) is 18.1 Å². The Kier molecular flexibility index (Phi) is 5.87. The standard InChI is InChI=1S/C17H15F2NO2S/c1-11(21)12-2-5-14(6-3-12)20-17(22)8-9-23-16-7-4-13(18)10-15(16)19/h2-7,10H,8-9H2,1H3,(H,20,22). The molecular weight excluding hydrogens is 320 g/mol. The van der Waals surface area contributed by atoms with Gasteiger partial charge in [0.25, 0.3) is 0 Å². The molecule has 0 heterocycles. The molecule has 23 heavy (non-hydrogen) atoms. The first-order chi connectivity index (χ1) is 11.0. The second-order valence-corrected chi connectivity index (χ2v) is 5.99. The van der Waals surface area contributed by atoms with E-state index in [1.165, 1.54) is 19.1 Å². The van der Waals surface area contributed by atoms with Gasteiger partial charge in [0.2, 0.25) is 5.91 Å². The molecule has 0 fully saturated rings. The molecule has 0 saturated carbocycles. The van der Waals surface area contributed by atoms with Gasteiger partial charge in [-0.25, -0.2) is 8.78 Å². The Morgan fingerprint density at radius 3 is 2.39 bits per heavy atom. The van der Waals surface area contributed by atoms with E-state index < -0.39 is 11.6 Å². The quantitative estimate of drug-likeness (QED) is 0.633. The molecule has 3 nitrogen and oxygen atoms in total. The van der Waals surface area contributed by atoms with E-state index in [1.807, 2.05) is 0 Å². The van der Waals surface area contributed by atoms with Crippen LogP contribution in [0.3, 0.4) is 0 Å². The number of carbonyl (C=O) groups is 2. The molecule has 0 bridgehead atoms. The molecule has 0 aliphatic heterocycles. The van der Waals surface area contributed by atoms with Crippen molar-refractivity contribution in [3.05, 3.63) is 59.7 Å². The minimum Gasteiger partial charge on any atom is -0.326 e. The van der Waals surface area contributed by atoms with Crippen LogP contribution in [-0.2, 0) is 4.79 Å². The SMILES string of the molecule is CC(=O)c1ccc(NC(=O)CCSc2ccc(F)cc2F)cc1.